The highest BCUT2D eigenvalue weighted by molar-refractivity contribution is 6.30. The molecule has 1 N–H and O–H groups in total. The second-order valence-electron chi connectivity index (χ2n) is 13.9. The highest BCUT2D eigenvalue weighted by Crippen LogP contribution is 2.34. The number of benzene rings is 2. The zero-order valence-corrected chi connectivity index (χ0v) is 29.2. The lowest BCUT2D eigenvalue weighted by Crippen LogP contribution is -2.58. The van der Waals surface area contributed by atoms with Gasteiger partial charge in [0.1, 0.15) is 5.60 Å². The maximum absolute atomic E-state index is 13.6. The van der Waals surface area contributed by atoms with Gasteiger partial charge in [0.25, 0.3) is 0 Å². The van der Waals surface area contributed by atoms with Crippen molar-refractivity contribution in [1.29, 1.82) is 0 Å². The largest absolute Gasteiger partial charge is 0.444 e. The Hall–Kier alpha value is -3.14. The zero-order chi connectivity index (χ0) is 33.2. The van der Waals surface area contributed by atoms with Gasteiger partial charge in [-0.25, -0.2) is 9.48 Å². The molecule has 248 valence electrons. The smallest absolute Gasteiger partial charge is 0.410 e. The van der Waals surface area contributed by atoms with Gasteiger partial charge in [-0.2, -0.15) is 0 Å². The summed E-state index contributed by atoms with van der Waals surface area (Å²) in [7, 11) is 0. The number of carbonyl (C=O) groups is 2. The highest BCUT2D eigenvalue weighted by Gasteiger charge is 2.35. The van der Waals surface area contributed by atoms with E-state index >= 15 is 0 Å². The Bertz CT molecular complexity index is 1500. The fraction of sp³-hybridized carbons (Fsp3) is 0.543. The molecule has 0 radical (unpaired) electrons. The van der Waals surface area contributed by atoms with Gasteiger partial charge in [0, 0.05) is 47.7 Å². The summed E-state index contributed by atoms with van der Waals surface area (Å²) >= 11 is 12.4. The number of aryl methyl sites for hydroxylation is 1. The summed E-state index contributed by atoms with van der Waals surface area (Å²) in [6, 6.07) is 13.6. The highest BCUT2D eigenvalue weighted by atomic mass is 35.5. The first-order valence-corrected chi connectivity index (χ1v) is 17.0. The van der Waals surface area contributed by atoms with Crippen molar-refractivity contribution in [2.45, 2.75) is 104 Å². The number of hydrogen-bond donors (Lipinski definition) is 1. The second kappa shape index (κ2) is 14.3. The lowest BCUT2D eigenvalue weighted by Gasteiger charge is -2.44. The first-order chi connectivity index (χ1) is 21.8. The van der Waals surface area contributed by atoms with Gasteiger partial charge in [-0.05, 0) is 108 Å². The topological polar surface area (TPSA) is 92.6 Å². The number of rotatable bonds is 7. The lowest BCUT2D eigenvalue weighted by atomic mass is 9.85. The number of carbonyl (C=O) groups excluding carboxylic acids is 2. The number of aromatic nitrogens is 3. The van der Waals surface area contributed by atoms with Crippen LogP contribution in [-0.2, 0) is 16.1 Å². The third-order valence-corrected chi connectivity index (χ3v) is 9.62. The van der Waals surface area contributed by atoms with E-state index in [2.05, 4.69) is 34.4 Å². The number of halogens is 2. The average Bonchev–Trinajstić information content (AvgIpc) is 3.46. The molecule has 3 atom stereocenters. The van der Waals surface area contributed by atoms with E-state index in [0.717, 1.165) is 48.1 Å². The molecular formula is C35H46Cl2N6O3. The van der Waals surface area contributed by atoms with E-state index in [4.69, 9.17) is 27.9 Å². The number of ether oxygens (including phenoxy) is 1. The van der Waals surface area contributed by atoms with Crippen molar-refractivity contribution < 1.29 is 14.3 Å². The number of nitrogens with one attached hydrogen (secondary N) is 1. The quantitative estimate of drug-likeness (QED) is 0.283. The molecule has 2 fully saturated rings. The number of nitrogens with zero attached hydrogens (tertiary/aromatic N) is 5. The predicted octanol–water partition coefficient (Wildman–Crippen LogP) is 7.36. The summed E-state index contributed by atoms with van der Waals surface area (Å²) in [5.41, 5.74) is 3.40. The second-order valence-corrected chi connectivity index (χ2v) is 14.8. The van der Waals surface area contributed by atoms with Crippen LogP contribution in [0.1, 0.15) is 94.8 Å². The summed E-state index contributed by atoms with van der Waals surface area (Å²) in [6.07, 6.45) is 5.05. The minimum atomic E-state index is -0.515. The molecule has 1 aromatic heterocycles. The van der Waals surface area contributed by atoms with Gasteiger partial charge in [0.05, 0.1) is 24.0 Å². The van der Waals surface area contributed by atoms with E-state index in [-0.39, 0.29) is 42.1 Å². The molecule has 11 heteroatoms. The van der Waals surface area contributed by atoms with Crippen molar-refractivity contribution in [1.82, 2.24) is 30.1 Å². The molecule has 1 aliphatic heterocycles. The molecule has 9 nitrogen and oxygen atoms in total. The van der Waals surface area contributed by atoms with Crippen molar-refractivity contribution in [3.63, 3.8) is 0 Å². The van der Waals surface area contributed by atoms with Gasteiger partial charge in [-0.3, -0.25) is 9.69 Å². The molecule has 1 aliphatic carbocycles. The van der Waals surface area contributed by atoms with E-state index in [1.165, 1.54) is 0 Å². The summed E-state index contributed by atoms with van der Waals surface area (Å²) in [5, 5.41) is 13.7. The van der Waals surface area contributed by atoms with E-state index in [0.29, 0.717) is 29.7 Å². The molecule has 1 saturated heterocycles. The van der Waals surface area contributed by atoms with E-state index < -0.39 is 5.60 Å². The maximum Gasteiger partial charge on any atom is 0.410 e. The van der Waals surface area contributed by atoms with Crippen LogP contribution in [0.3, 0.4) is 0 Å². The van der Waals surface area contributed by atoms with Gasteiger partial charge < -0.3 is 15.0 Å². The van der Waals surface area contributed by atoms with Crippen molar-refractivity contribution in [2.75, 3.05) is 13.1 Å². The third-order valence-electron chi connectivity index (χ3n) is 9.13. The van der Waals surface area contributed by atoms with Crippen LogP contribution in [0.25, 0.3) is 0 Å². The van der Waals surface area contributed by atoms with Crippen molar-refractivity contribution in [3.8, 4) is 0 Å². The van der Waals surface area contributed by atoms with Crippen molar-refractivity contribution >= 4 is 35.2 Å². The van der Waals surface area contributed by atoms with E-state index in [1.54, 1.807) is 4.90 Å². The normalized spacial score (nSPS) is 23.2. The van der Waals surface area contributed by atoms with Crippen LogP contribution in [0.4, 0.5) is 4.79 Å². The van der Waals surface area contributed by atoms with Crippen LogP contribution in [-0.4, -0.2) is 67.6 Å². The number of amides is 2. The molecule has 2 aliphatic rings. The van der Waals surface area contributed by atoms with Crippen LogP contribution >= 0.6 is 23.2 Å². The molecule has 3 aromatic rings. The van der Waals surface area contributed by atoms with Crippen molar-refractivity contribution in [2.24, 2.45) is 5.92 Å². The molecule has 2 heterocycles. The molecule has 1 saturated carbocycles. The standard InChI is InChI=1S/C35H46Cl2N6O3/c1-22-17-28(37)13-16-31(22)32(25-7-11-27(36)12-8-25)38-33(44)26-9-14-30(15-10-26)43-21-29(39-40-43)20-42-23(2)18-41(19-24(42)3)34(45)46-35(4,5)6/h7-8,11-13,16-17,21,23-24,26,30,32H,9-10,14-15,18-20H2,1-6H3,(H,38,44)/t23-,24+,26?,30?,32?. The van der Waals surface area contributed by atoms with Gasteiger partial charge in [0.15, 0.2) is 0 Å². The van der Waals surface area contributed by atoms with E-state index in [1.807, 2.05) is 81.0 Å². The molecular weight excluding hydrogens is 623 g/mol. The Morgan fingerprint density at radius 3 is 2.22 bits per heavy atom. The maximum atomic E-state index is 13.6. The summed E-state index contributed by atoms with van der Waals surface area (Å²) in [4.78, 5) is 30.5. The molecule has 1 unspecified atom stereocenters. The van der Waals surface area contributed by atoms with Crippen LogP contribution in [0.15, 0.2) is 48.7 Å². The van der Waals surface area contributed by atoms with Gasteiger partial charge in [-0.15, -0.1) is 5.10 Å². The SMILES string of the molecule is Cc1cc(Cl)ccc1C(NC(=O)C1CCC(n2cc(CN3[C@H](C)CN(C(=O)OC(C)(C)C)C[C@@H]3C)nn2)CC1)c1ccc(Cl)cc1. The van der Waals surface area contributed by atoms with Gasteiger partial charge in [0.2, 0.25) is 5.91 Å². The van der Waals surface area contributed by atoms with E-state index in [9.17, 15) is 9.59 Å². The number of hydrogen-bond acceptors (Lipinski definition) is 6. The van der Waals surface area contributed by atoms with Gasteiger partial charge >= 0.3 is 6.09 Å². The fourth-order valence-corrected chi connectivity index (χ4v) is 7.07. The molecule has 46 heavy (non-hydrogen) atoms. The Morgan fingerprint density at radius 1 is 0.978 bits per heavy atom. The van der Waals surface area contributed by atoms with Crippen LogP contribution in [0.2, 0.25) is 10.0 Å². The first kappa shape index (κ1) is 34.2. The predicted molar refractivity (Wildman–Crippen MR) is 181 cm³/mol. The fourth-order valence-electron chi connectivity index (χ4n) is 6.72. The molecule has 5 rings (SSSR count). The zero-order valence-electron chi connectivity index (χ0n) is 27.7. The third kappa shape index (κ3) is 8.41. The number of piperazine rings is 1. The van der Waals surface area contributed by atoms with Crippen LogP contribution in [0, 0.1) is 12.8 Å². The van der Waals surface area contributed by atoms with Crippen molar-refractivity contribution in [3.05, 3.63) is 81.1 Å². The Labute approximate surface area is 282 Å². The Kier molecular flexibility index (Phi) is 10.6. The Morgan fingerprint density at radius 2 is 1.61 bits per heavy atom. The molecule has 2 amide bonds. The summed E-state index contributed by atoms with van der Waals surface area (Å²) < 4.78 is 7.58. The summed E-state index contributed by atoms with van der Waals surface area (Å²) in [6.45, 7) is 13.8. The molecule has 0 spiro atoms. The summed E-state index contributed by atoms with van der Waals surface area (Å²) in [5.74, 6) is -0.0230. The molecule has 2 aromatic carbocycles. The van der Waals surface area contributed by atoms with Crippen LogP contribution < -0.4 is 5.32 Å². The molecule has 0 bridgehead atoms. The lowest BCUT2D eigenvalue weighted by molar-refractivity contribution is -0.126. The Balaban J connectivity index is 1.17. The van der Waals surface area contributed by atoms with Crippen LogP contribution in [0.5, 0.6) is 0 Å². The van der Waals surface area contributed by atoms with Gasteiger partial charge in [-0.1, -0.05) is 46.6 Å². The minimum Gasteiger partial charge on any atom is -0.444 e. The minimum absolute atomic E-state index is 0.0560. The monoisotopic (exact) mass is 668 g/mol. The first-order valence-electron chi connectivity index (χ1n) is 16.2. The average molecular weight is 670 g/mol.